The van der Waals surface area contributed by atoms with E-state index in [1.165, 1.54) is 11.9 Å². The molecular weight excluding hydrogens is 246 g/mol. The molecule has 0 unspecified atom stereocenters. The number of nitrogens with zero attached hydrogens (tertiary/aromatic N) is 1. The minimum absolute atomic E-state index is 0.00121. The number of anilines is 1. The van der Waals surface area contributed by atoms with Gasteiger partial charge in [-0.1, -0.05) is 6.07 Å². The smallest absolute Gasteiger partial charge is 0.254 e. The van der Waals surface area contributed by atoms with Gasteiger partial charge in [-0.15, -0.1) is 0 Å². The van der Waals surface area contributed by atoms with Crippen LogP contribution >= 0.6 is 0 Å². The molecule has 100 valence electrons. The van der Waals surface area contributed by atoms with Crippen LogP contribution in [0.2, 0.25) is 0 Å². The Morgan fingerprint density at radius 3 is 2.84 bits per heavy atom. The molecule has 6 nitrogen and oxygen atoms in total. The van der Waals surface area contributed by atoms with Gasteiger partial charge in [-0.2, -0.15) is 0 Å². The number of nitrogens with one attached hydrogen (secondary N) is 2. The third-order valence-electron chi connectivity index (χ3n) is 2.99. The summed E-state index contributed by atoms with van der Waals surface area (Å²) in [5.74, 6) is -0.559. The molecule has 2 rings (SSSR count). The molecule has 0 bridgehead atoms. The van der Waals surface area contributed by atoms with Crippen molar-refractivity contribution in [1.29, 1.82) is 0 Å². The quantitative estimate of drug-likeness (QED) is 0.804. The van der Waals surface area contributed by atoms with Gasteiger partial charge in [0.1, 0.15) is 0 Å². The van der Waals surface area contributed by atoms with Crippen LogP contribution in [0.1, 0.15) is 15.9 Å². The predicted octanol–water partition coefficient (Wildman–Crippen LogP) is -0.000800. The van der Waals surface area contributed by atoms with Crippen molar-refractivity contribution >= 4 is 23.4 Å². The summed E-state index contributed by atoms with van der Waals surface area (Å²) in [7, 11) is 3.08. The van der Waals surface area contributed by atoms with E-state index in [0.29, 0.717) is 17.7 Å². The van der Waals surface area contributed by atoms with Gasteiger partial charge >= 0.3 is 0 Å². The van der Waals surface area contributed by atoms with Gasteiger partial charge in [0.05, 0.1) is 13.0 Å². The van der Waals surface area contributed by atoms with E-state index in [1.54, 1.807) is 25.2 Å². The summed E-state index contributed by atoms with van der Waals surface area (Å²) >= 11 is 0. The van der Waals surface area contributed by atoms with Gasteiger partial charge in [-0.3, -0.25) is 14.4 Å². The molecule has 6 heteroatoms. The van der Waals surface area contributed by atoms with Crippen LogP contribution < -0.4 is 10.6 Å². The summed E-state index contributed by atoms with van der Waals surface area (Å²) in [5.41, 5.74) is 2.01. The number of likely N-dealkylation sites (N-methyl/N-ethyl adjacent to an activating group) is 2. The van der Waals surface area contributed by atoms with Gasteiger partial charge in [0, 0.05) is 25.3 Å². The van der Waals surface area contributed by atoms with Crippen LogP contribution in [0.25, 0.3) is 0 Å². The lowest BCUT2D eigenvalue weighted by atomic mass is 10.1. The summed E-state index contributed by atoms with van der Waals surface area (Å²) in [6.07, 6.45) is 0.345. The van der Waals surface area contributed by atoms with E-state index in [0.717, 1.165) is 5.56 Å². The van der Waals surface area contributed by atoms with Crippen LogP contribution in [0.15, 0.2) is 18.2 Å². The second kappa shape index (κ2) is 5.09. The Labute approximate surface area is 110 Å². The molecule has 0 aromatic heterocycles. The maximum atomic E-state index is 12.1. The van der Waals surface area contributed by atoms with Crippen LogP contribution in [0.3, 0.4) is 0 Å². The third-order valence-corrected chi connectivity index (χ3v) is 2.99. The first kappa shape index (κ1) is 13.1. The Bertz CT molecular complexity index is 554. The fraction of sp³-hybridized carbons (Fsp3) is 0.308. The molecule has 1 aromatic rings. The molecule has 19 heavy (non-hydrogen) atoms. The first-order valence-corrected chi connectivity index (χ1v) is 5.90. The van der Waals surface area contributed by atoms with E-state index in [1.807, 2.05) is 0 Å². The molecule has 1 heterocycles. The van der Waals surface area contributed by atoms with Crippen molar-refractivity contribution in [2.24, 2.45) is 0 Å². The Balaban J connectivity index is 2.14. The molecule has 0 radical (unpaired) electrons. The lowest BCUT2D eigenvalue weighted by Gasteiger charge is -2.16. The van der Waals surface area contributed by atoms with Crippen LogP contribution in [-0.4, -0.2) is 43.3 Å². The van der Waals surface area contributed by atoms with Crippen molar-refractivity contribution in [3.8, 4) is 0 Å². The number of hydrogen-bond donors (Lipinski definition) is 2. The van der Waals surface area contributed by atoms with E-state index >= 15 is 0 Å². The predicted molar refractivity (Wildman–Crippen MR) is 69.8 cm³/mol. The molecule has 0 atom stereocenters. The second-order valence-electron chi connectivity index (χ2n) is 4.43. The minimum Gasteiger partial charge on any atom is -0.358 e. The van der Waals surface area contributed by atoms with Gasteiger partial charge in [-0.05, 0) is 17.7 Å². The zero-order valence-corrected chi connectivity index (χ0v) is 10.8. The highest BCUT2D eigenvalue weighted by Crippen LogP contribution is 2.24. The van der Waals surface area contributed by atoms with Crippen molar-refractivity contribution in [3.63, 3.8) is 0 Å². The maximum absolute atomic E-state index is 12.1. The van der Waals surface area contributed by atoms with Crippen LogP contribution in [0.4, 0.5) is 5.69 Å². The molecule has 1 aliphatic rings. The van der Waals surface area contributed by atoms with E-state index in [2.05, 4.69) is 10.6 Å². The lowest BCUT2D eigenvalue weighted by molar-refractivity contribution is -0.121. The molecule has 1 aromatic carbocycles. The number of rotatable bonds is 3. The van der Waals surface area contributed by atoms with Crippen molar-refractivity contribution in [2.75, 3.05) is 26.0 Å². The number of fused-ring (bicyclic) bond motifs is 1. The van der Waals surface area contributed by atoms with Crippen molar-refractivity contribution in [2.45, 2.75) is 6.42 Å². The van der Waals surface area contributed by atoms with Crippen LogP contribution in [0, 0.1) is 0 Å². The molecular formula is C13H15N3O3. The van der Waals surface area contributed by atoms with Gasteiger partial charge < -0.3 is 15.5 Å². The van der Waals surface area contributed by atoms with E-state index in [-0.39, 0.29) is 24.3 Å². The minimum atomic E-state index is -0.257. The molecule has 0 aliphatic carbocycles. The summed E-state index contributed by atoms with van der Waals surface area (Å²) in [4.78, 5) is 35.9. The van der Waals surface area contributed by atoms with Gasteiger partial charge in [0.15, 0.2) is 0 Å². The summed E-state index contributed by atoms with van der Waals surface area (Å²) in [5, 5.41) is 5.15. The highest BCUT2D eigenvalue weighted by atomic mass is 16.2. The normalized spacial score (nSPS) is 12.6. The highest BCUT2D eigenvalue weighted by molar-refractivity contribution is 6.02. The van der Waals surface area contributed by atoms with E-state index < -0.39 is 0 Å². The number of benzene rings is 1. The number of amides is 3. The topological polar surface area (TPSA) is 78.5 Å². The first-order chi connectivity index (χ1) is 9.01. The van der Waals surface area contributed by atoms with Gasteiger partial charge in [0.25, 0.3) is 5.91 Å². The lowest BCUT2D eigenvalue weighted by Crippen LogP contribution is -2.36. The summed E-state index contributed by atoms with van der Waals surface area (Å²) < 4.78 is 0. The third kappa shape index (κ3) is 2.73. The number of carbonyl (C=O) groups excluding carboxylic acids is 3. The largest absolute Gasteiger partial charge is 0.358 e. The average Bonchev–Trinajstić information content (AvgIpc) is 2.76. The zero-order chi connectivity index (χ0) is 14.0. The monoisotopic (exact) mass is 261 g/mol. The Hall–Kier alpha value is -2.37. The second-order valence-corrected chi connectivity index (χ2v) is 4.43. The molecule has 1 aliphatic heterocycles. The summed E-state index contributed by atoms with van der Waals surface area (Å²) in [6, 6.07) is 5.07. The van der Waals surface area contributed by atoms with E-state index in [4.69, 9.17) is 0 Å². The first-order valence-electron chi connectivity index (χ1n) is 5.90. The number of hydrogen-bond acceptors (Lipinski definition) is 3. The fourth-order valence-corrected chi connectivity index (χ4v) is 1.93. The standard InChI is InChI=1S/C13H15N3O3/c1-14-12(18)7-16(2)13(19)9-4-3-8-6-11(17)15-10(8)5-9/h3-5H,6-7H2,1-2H3,(H,14,18)(H,15,17). The Morgan fingerprint density at radius 1 is 1.42 bits per heavy atom. The molecule has 0 saturated heterocycles. The summed E-state index contributed by atoms with van der Waals surface area (Å²) in [6.45, 7) is -0.00121. The Kier molecular flexibility index (Phi) is 3.50. The zero-order valence-electron chi connectivity index (χ0n) is 10.8. The maximum Gasteiger partial charge on any atom is 0.254 e. The van der Waals surface area contributed by atoms with Crippen LogP contribution in [-0.2, 0) is 16.0 Å². The SMILES string of the molecule is CNC(=O)CN(C)C(=O)c1ccc2c(c1)NC(=O)C2. The molecule has 0 spiro atoms. The van der Waals surface area contributed by atoms with Gasteiger partial charge in [0.2, 0.25) is 11.8 Å². The number of carbonyl (C=O) groups is 3. The molecule has 0 saturated carbocycles. The molecule has 2 N–H and O–H groups in total. The van der Waals surface area contributed by atoms with Crippen molar-refractivity contribution in [3.05, 3.63) is 29.3 Å². The fourth-order valence-electron chi connectivity index (χ4n) is 1.93. The van der Waals surface area contributed by atoms with Gasteiger partial charge in [-0.25, -0.2) is 0 Å². The average molecular weight is 261 g/mol. The molecule has 0 fully saturated rings. The highest BCUT2D eigenvalue weighted by Gasteiger charge is 2.20. The van der Waals surface area contributed by atoms with Crippen LogP contribution in [0.5, 0.6) is 0 Å². The van der Waals surface area contributed by atoms with Crippen molar-refractivity contribution < 1.29 is 14.4 Å². The Morgan fingerprint density at radius 2 is 2.16 bits per heavy atom. The van der Waals surface area contributed by atoms with E-state index in [9.17, 15) is 14.4 Å². The van der Waals surface area contributed by atoms with Crippen molar-refractivity contribution in [1.82, 2.24) is 10.2 Å². The molecule has 3 amide bonds.